The Balaban J connectivity index is 3.03. The molecule has 19 heavy (non-hydrogen) atoms. The number of oxime groups is 1. The van der Waals surface area contributed by atoms with Crippen LogP contribution in [-0.2, 0) is 10.0 Å². The van der Waals surface area contributed by atoms with Gasteiger partial charge < -0.3 is 10.9 Å². The zero-order chi connectivity index (χ0) is 14.5. The number of rotatable bonds is 6. The van der Waals surface area contributed by atoms with E-state index < -0.39 is 10.0 Å². The van der Waals surface area contributed by atoms with Gasteiger partial charge in [0, 0.05) is 12.6 Å². The number of nitrogens with two attached hydrogens (primary N) is 1. The number of nitrogens with zero attached hydrogens (tertiary/aromatic N) is 2. The maximum absolute atomic E-state index is 12.1. The standard InChI is InChI=1S/C12H19N3O3S/c1-3-4-8-19(17,18)15(2)11-7-5-6-10(9-11)12(13)14-16/h5-7,9,16H,3-4,8H2,1-2H3,(H2,13,14). The molecule has 0 heterocycles. The second-order valence-corrected chi connectivity index (χ2v) is 6.29. The van der Waals surface area contributed by atoms with Crippen LogP contribution in [-0.4, -0.2) is 32.3 Å². The van der Waals surface area contributed by atoms with Crippen molar-refractivity contribution < 1.29 is 13.6 Å². The average molecular weight is 285 g/mol. The molecule has 0 fully saturated rings. The number of hydrogen-bond donors (Lipinski definition) is 2. The molecule has 6 nitrogen and oxygen atoms in total. The quantitative estimate of drug-likeness (QED) is 0.357. The van der Waals surface area contributed by atoms with Crippen molar-refractivity contribution in [3.63, 3.8) is 0 Å². The number of anilines is 1. The van der Waals surface area contributed by atoms with Gasteiger partial charge >= 0.3 is 0 Å². The van der Waals surface area contributed by atoms with E-state index in [1.54, 1.807) is 24.3 Å². The average Bonchev–Trinajstić information content (AvgIpc) is 2.43. The Morgan fingerprint density at radius 3 is 2.74 bits per heavy atom. The predicted octanol–water partition coefficient (Wildman–Crippen LogP) is 1.35. The summed E-state index contributed by atoms with van der Waals surface area (Å²) in [6.45, 7) is 1.94. The van der Waals surface area contributed by atoms with Gasteiger partial charge in [-0.3, -0.25) is 4.31 Å². The second kappa shape index (κ2) is 6.42. The summed E-state index contributed by atoms with van der Waals surface area (Å²) in [6, 6.07) is 6.54. The van der Waals surface area contributed by atoms with Crippen LogP contribution in [0.15, 0.2) is 29.4 Å². The molecule has 0 aliphatic heterocycles. The number of benzene rings is 1. The van der Waals surface area contributed by atoms with Crippen molar-refractivity contribution in [3.8, 4) is 0 Å². The van der Waals surface area contributed by atoms with Gasteiger partial charge in [0.15, 0.2) is 5.84 Å². The summed E-state index contributed by atoms with van der Waals surface area (Å²) in [5.41, 5.74) is 6.44. The van der Waals surface area contributed by atoms with E-state index in [1.807, 2.05) is 6.92 Å². The van der Waals surface area contributed by atoms with E-state index in [0.717, 1.165) is 6.42 Å². The number of sulfonamides is 1. The van der Waals surface area contributed by atoms with Gasteiger partial charge in [-0.1, -0.05) is 30.6 Å². The van der Waals surface area contributed by atoms with Gasteiger partial charge in [-0.2, -0.15) is 0 Å². The predicted molar refractivity (Wildman–Crippen MR) is 76.1 cm³/mol. The smallest absolute Gasteiger partial charge is 0.234 e. The molecule has 1 rings (SSSR count). The van der Waals surface area contributed by atoms with Crippen LogP contribution >= 0.6 is 0 Å². The van der Waals surface area contributed by atoms with Crippen molar-refractivity contribution in [1.82, 2.24) is 0 Å². The largest absolute Gasteiger partial charge is 0.409 e. The molecule has 7 heteroatoms. The Labute approximate surface area is 113 Å². The summed E-state index contributed by atoms with van der Waals surface area (Å²) in [4.78, 5) is 0. The lowest BCUT2D eigenvalue weighted by atomic mass is 10.2. The number of unbranched alkanes of at least 4 members (excludes halogenated alkanes) is 1. The van der Waals surface area contributed by atoms with Crippen molar-refractivity contribution in [3.05, 3.63) is 29.8 Å². The van der Waals surface area contributed by atoms with Crippen LogP contribution in [0.25, 0.3) is 0 Å². The lowest BCUT2D eigenvalue weighted by Crippen LogP contribution is -2.29. The van der Waals surface area contributed by atoms with Gasteiger partial charge in [0.25, 0.3) is 0 Å². The van der Waals surface area contributed by atoms with Crippen LogP contribution in [0, 0.1) is 0 Å². The van der Waals surface area contributed by atoms with Crippen LogP contribution in [0.4, 0.5) is 5.69 Å². The maximum Gasteiger partial charge on any atom is 0.234 e. The summed E-state index contributed by atoms with van der Waals surface area (Å²) < 4.78 is 25.3. The Bertz CT molecular complexity index is 555. The maximum atomic E-state index is 12.1. The Kier molecular flexibility index (Phi) is 5.17. The Morgan fingerprint density at radius 1 is 1.47 bits per heavy atom. The molecule has 0 saturated heterocycles. The molecule has 106 valence electrons. The fourth-order valence-electron chi connectivity index (χ4n) is 1.54. The van der Waals surface area contributed by atoms with E-state index in [4.69, 9.17) is 10.9 Å². The highest BCUT2D eigenvalue weighted by Gasteiger charge is 2.18. The monoisotopic (exact) mass is 285 g/mol. The van der Waals surface area contributed by atoms with E-state index >= 15 is 0 Å². The number of amidine groups is 1. The van der Waals surface area contributed by atoms with Crippen molar-refractivity contribution >= 4 is 21.5 Å². The minimum atomic E-state index is -3.33. The molecule has 0 atom stereocenters. The van der Waals surface area contributed by atoms with Gasteiger partial charge in [-0.15, -0.1) is 0 Å². The topological polar surface area (TPSA) is 96.0 Å². The SMILES string of the molecule is CCCCS(=O)(=O)N(C)c1cccc(C(N)=NO)c1. The van der Waals surface area contributed by atoms with Crippen LogP contribution in [0.5, 0.6) is 0 Å². The second-order valence-electron chi connectivity index (χ2n) is 4.17. The molecule has 3 N–H and O–H groups in total. The molecule has 0 bridgehead atoms. The van der Waals surface area contributed by atoms with Crippen LogP contribution < -0.4 is 10.0 Å². The Hall–Kier alpha value is -1.76. The van der Waals surface area contributed by atoms with Crippen molar-refractivity contribution in [2.24, 2.45) is 10.9 Å². The highest BCUT2D eigenvalue weighted by atomic mass is 32.2. The summed E-state index contributed by atoms with van der Waals surface area (Å²) in [6.07, 6.45) is 1.43. The molecule has 0 aliphatic rings. The molecule has 1 aromatic rings. The highest BCUT2D eigenvalue weighted by molar-refractivity contribution is 7.92. The lowest BCUT2D eigenvalue weighted by Gasteiger charge is -2.19. The molecule has 0 spiro atoms. The van der Waals surface area contributed by atoms with E-state index in [1.165, 1.54) is 11.4 Å². The first-order valence-corrected chi connectivity index (χ1v) is 7.58. The molecule has 0 amide bonds. The zero-order valence-electron chi connectivity index (χ0n) is 11.1. The van der Waals surface area contributed by atoms with E-state index in [0.29, 0.717) is 17.7 Å². The summed E-state index contributed by atoms with van der Waals surface area (Å²) in [5, 5.41) is 11.5. The van der Waals surface area contributed by atoms with Crippen molar-refractivity contribution in [2.45, 2.75) is 19.8 Å². The van der Waals surface area contributed by atoms with Crippen LogP contribution in [0.1, 0.15) is 25.3 Å². The van der Waals surface area contributed by atoms with Gasteiger partial charge in [0.2, 0.25) is 10.0 Å². The van der Waals surface area contributed by atoms with Gasteiger partial charge in [0.05, 0.1) is 11.4 Å². The van der Waals surface area contributed by atoms with Crippen molar-refractivity contribution in [1.29, 1.82) is 0 Å². The van der Waals surface area contributed by atoms with Gasteiger partial charge in [-0.25, -0.2) is 8.42 Å². The number of hydrogen-bond acceptors (Lipinski definition) is 4. The molecule has 0 aromatic heterocycles. The third-order valence-corrected chi connectivity index (χ3v) is 4.64. The highest BCUT2D eigenvalue weighted by Crippen LogP contribution is 2.18. The third kappa shape index (κ3) is 3.85. The molecule has 0 aliphatic carbocycles. The molecular formula is C12H19N3O3S. The normalized spacial score (nSPS) is 12.4. The Morgan fingerprint density at radius 2 is 2.16 bits per heavy atom. The first-order valence-electron chi connectivity index (χ1n) is 5.97. The van der Waals surface area contributed by atoms with E-state index in [2.05, 4.69) is 5.16 Å². The lowest BCUT2D eigenvalue weighted by molar-refractivity contribution is 0.318. The molecular weight excluding hydrogens is 266 g/mol. The van der Waals surface area contributed by atoms with Gasteiger partial charge in [0.1, 0.15) is 0 Å². The first kappa shape index (κ1) is 15.3. The van der Waals surface area contributed by atoms with Crippen molar-refractivity contribution in [2.75, 3.05) is 17.1 Å². The fourth-order valence-corrected chi connectivity index (χ4v) is 2.91. The fraction of sp³-hybridized carbons (Fsp3) is 0.417. The molecule has 0 radical (unpaired) electrons. The minimum Gasteiger partial charge on any atom is -0.409 e. The molecule has 0 unspecified atom stereocenters. The van der Waals surface area contributed by atoms with Crippen LogP contribution in [0.2, 0.25) is 0 Å². The van der Waals surface area contributed by atoms with E-state index in [-0.39, 0.29) is 11.6 Å². The van der Waals surface area contributed by atoms with Gasteiger partial charge in [-0.05, 0) is 18.6 Å². The molecule has 1 aromatic carbocycles. The minimum absolute atomic E-state index is 0.0544. The summed E-state index contributed by atoms with van der Waals surface area (Å²) in [5.74, 6) is 0.0505. The third-order valence-electron chi connectivity index (χ3n) is 2.79. The zero-order valence-corrected chi connectivity index (χ0v) is 11.9. The first-order chi connectivity index (χ1) is 8.92. The van der Waals surface area contributed by atoms with E-state index in [9.17, 15) is 8.42 Å². The summed E-state index contributed by atoms with van der Waals surface area (Å²) >= 11 is 0. The van der Waals surface area contributed by atoms with Crippen LogP contribution in [0.3, 0.4) is 0 Å². The molecule has 0 saturated carbocycles. The summed E-state index contributed by atoms with van der Waals surface area (Å²) in [7, 11) is -1.84.